The van der Waals surface area contributed by atoms with Crippen LogP contribution in [0.15, 0.2) is 48.5 Å². The van der Waals surface area contributed by atoms with E-state index < -0.39 is 0 Å². The number of aryl methyl sites for hydroxylation is 2. The lowest BCUT2D eigenvalue weighted by Gasteiger charge is -2.55. The van der Waals surface area contributed by atoms with Crippen LogP contribution in [-0.4, -0.2) is 26.2 Å². The lowest BCUT2D eigenvalue weighted by atomic mass is 9.49. The van der Waals surface area contributed by atoms with E-state index in [0.717, 1.165) is 32.1 Å². The summed E-state index contributed by atoms with van der Waals surface area (Å²) in [4.78, 5) is 0. The van der Waals surface area contributed by atoms with Gasteiger partial charge in [0.2, 0.25) is 0 Å². The SMILES string of the molecule is CC(C)c1ccc2c(c1)CC[C@H]1[C@](C)(CNCCNCCCc3ccccc3)CCC[C@]21C. The summed E-state index contributed by atoms with van der Waals surface area (Å²) in [5.74, 6) is 1.40. The molecule has 0 aromatic heterocycles. The highest BCUT2D eigenvalue weighted by molar-refractivity contribution is 5.42. The molecular formula is C31H46N2. The Morgan fingerprint density at radius 1 is 0.939 bits per heavy atom. The first kappa shape index (κ1) is 24.5. The van der Waals surface area contributed by atoms with Gasteiger partial charge in [0.1, 0.15) is 0 Å². The summed E-state index contributed by atoms with van der Waals surface area (Å²) < 4.78 is 0. The van der Waals surface area contributed by atoms with Gasteiger partial charge in [-0.15, -0.1) is 0 Å². The standard InChI is InChI=1S/C31H46N2/c1-24(2)26-13-15-28-27(22-26)14-16-29-30(3,17-9-18-31(28,29)4)23-33-21-20-32-19-8-12-25-10-6-5-7-11-25/h5-7,10-11,13,15,22,24,29,32-33H,8-9,12,14,16-21,23H2,1-4H3/t29-,30-,31+/m0/s1. The van der Waals surface area contributed by atoms with E-state index in [1.54, 1.807) is 11.1 Å². The smallest absolute Gasteiger partial charge is 0.00769 e. The Kier molecular flexibility index (Phi) is 7.97. The third-order valence-corrected chi connectivity index (χ3v) is 8.84. The lowest BCUT2D eigenvalue weighted by Crippen LogP contribution is -2.53. The van der Waals surface area contributed by atoms with Gasteiger partial charge in [-0.1, -0.05) is 82.6 Å². The first-order chi connectivity index (χ1) is 15.9. The molecule has 2 aromatic carbocycles. The Bertz CT molecular complexity index is 889. The third kappa shape index (κ3) is 5.54. The van der Waals surface area contributed by atoms with Crippen molar-refractivity contribution in [2.45, 2.75) is 84.0 Å². The van der Waals surface area contributed by atoms with Crippen LogP contribution in [0.25, 0.3) is 0 Å². The fraction of sp³-hybridized carbons (Fsp3) is 0.613. The van der Waals surface area contributed by atoms with Crippen LogP contribution >= 0.6 is 0 Å². The molecule has 0 saturated heterocycles. The molecular weight excluding hydrogens is 400 g/mol. The second kappa shape index (κ2) is 10.7. The number of rotatable bonds is 10. The average Bonchev–Trinajstić information content (AvgIpc) is 2.81. The summed E-state index contributed by atoms with van der Waals surface area (Å²) in [6, 6.07) is 18.3. The Balaban J connectivity index is 1.26. The van der Waals surface area contributed by atoms with E-state index >= 15 is 0 Å². The number of hydrogen-bond donors (Lipinski definition) is 2. The molecule has 2 aromatic rings. The quantitative estimate of drug-likeness (QED) is 0.400. The molecule has 2 aliphatic rings. The maximum Gasteiger partial charge on any atom is 0.00769 e. The van der Waals surface area contributed by atoms with Crippen molar-refractivity contribution >= 4 is 0 Å². The van der Waals surface area contributed by atoms with Crippen molar-refractivity contribution in [3.05, 3.63) is 70.8 Å². The fourth-order valence-electron chi connectivity index (χ4n) is 6.95. The normalized spacial score (nSPS) is 26.8. The molecule has 0 radical (unpaired) electrons. The lowest BCUT2D eigenvalue weighted by molar-refractivity contribution is 0.0261. The van der Waals surface area contributed by atoms with Crippen LogP contribution in [-0.2, 0) is 18.3 Å². The van der Waals surface area contributed by atoms with Gasteiger partial charge in [-0.3, -0.25) is 0 Å². The zero-order valence-corrected chi connectivity index (χ0v) is 21.6. The molecule has 0 aliphatic heterocycles. The zero-order valence-electron chi connectivity index (χ0n) is 21.6. The Labute approximate surface area is 203 Å². The Morgan fingerprint density at radius 2 is 1.73 bits per heavy atom. The second-order valence-electron chi connectivity index (χ2n) is 11.6. The van der Waals surface area contributed by atoms with E-state index in [2.05, 4.69) is 86.9 Å². The predicted octanol–water partition coefficient (Wildman–Crippen LogP) is 6.63. The molecule has 2 aliphatic carbocycles. The van der Waals surface area contributed by atoms with Crippen molar-refractivity contribution in [1.29, 1.82) is 0 Å². The van der Waals surface area contributed by atoms with Crippen LogP contribution in [0.3, 0.4) is 0 Å². The number of fused-ring (bicyclic) bond motifs is 3. The largest absolute Gasteiger partial charge is 0.315 e. The van der Waals surface area contributed by atoms with E-state index in [0.29, 0.717) is 16.7 Å². The summed E-state index contributed by atoms with van der Waals surface area (Å²) >= 11 is 0. The van der Waals surface area contributed by atoms with Gasteiger partial charge in [-0.25, -0.2) is 0 Å². The Morgan fingerprint density at radius 3 is 2.52 bits per heavy atom. The van der Waals surface area contributed by atoms with Gasteiger partial charge in [0.25, 0.3) is 0 Å². The molecule has 180 valence electrons. The summed E-state index contributed by atoms with van der Waals surface area (Å²) in [6.07, 6.45) is 9.05. The number of nitrogens with one attached hydrogen (secondary N) is 2. The molecule has 33 heavy (non-hydrogen) atoms. The van der Waals surface area contributed by atoms with Crippen LogP contribution in [0.1, 0.15) is 88.0 Å². The minimum Gasteiger partial charge on any atom is -0.315 e. The van der Waals surface area contributed by atoms with Gasteiger partial charge in [0.15, 0.2) is 0 Å². The van der Waals surface area contributed by atoms with Gasteiger partial charge >= 0.3 is 0 Å². The van der Waals surface area contributed by atoms with Crippen LogP contribution < -0.4 is 10.6 Å². The zero-order chi connectivity index (χ0) is 23.3. The topological polar surface area (TPSA) is 24.1 Å². The summed E-state index contributed by atoms with van der Waals surface area (Å²) in [5, 5.41) is 7.47. The number of hydrogen-bond acceptors (Lipinski definition) is 2. The molecule has 1 fully saturated rings. The second-order valence-corrected chi connectivity index (χ2v) is 11.6. The predicted molar refractivity (Wildman–Crippen MR) is 142 cm³/mol. The highest BCUT2D eigenvalue weighted by Gasteiger charge is 2.51. The summed E-state index contributed by atoms with van der Waals surface area (Å²) in [6.45, 7) is 14.2. The molecule has 0 spiro atoms. The average molecular weight is 447 g/mol. The Hall–Kier alpha value is -1.64. The number of benzene rings is 2. The molecule has 1 saturated carbocycles. The van der Waals surface area contributed by atoms with Crippen molar-refractivity contribution in [3.8, 4) is 0 Å². The summed E-state index contributed by atoms with van der Waals surface area (Å²) in [7, 11) is 0. The minimum atomic E-state index is 0.341. The third-order valence-electron chi connectivity index (χ3n) is 8.84. The van der Waals surface area contributed by atoms with E-state index in [-0.39, 0.29) is 0 Å². The maximum atomic E-state index is 3.84. The van der Waals surface area contributed by atoms with E-state index in [1.807, 2.05) is 0 Å². The first-order valence-electron chi connectivity index (χ1n) is 13.5. The molecule has 2 heteroatoms. The van der Waals surface area contributed by atoms with Gasteiger partial charge < -0.3 is 10.6 Å². The van der Waals surface area contributed by atoms with Crippen molar-refractivity contribution in [3.63, 3.8) is 0 Å². The minimum absolute atomic E-state index is 0.341. The van der Waals surface area contributed by atoms with Crippen LogP contribution in [0.4, 0.5) is 0 Å². The molecule has 4 rings (SSSR count). The molecule has 0 unspecified atom stereocenters. The summed E-state index contributed by atoms with van der Waals surface area (Å²) in [5.41, 5.74) is 6.99. The maximum absolute atomic E-state index is 3.84. The van der Waals surface area contributed by atoms with Crippen molar-refractivity contribution in [1.82, 2.24) is 10.6 Å². The molecule has 0 heterocycles. The molecule has 2 N–H and O–H groups in total. The van der Waals surface area contributed by atoms with Crippen molar-refractivity contribution < 1.29 is 0 Å². The monoisotopic (exact) mass is 446 g/mol. The highest BCUT2D eigenvalue weighted by Crippen LogP contribution is 2.57. The van der Waals surface area contributed by atoms with Crippen molar-refractivity contribution in [2.24, 2.45) is 11.3 Å². The van der Waals surface area contributed by atoms with E-state index in [9.17, 15) is 0 Å². The van der Waals surface area contributed by atoms with E-state index in [4.69, 9.17) is 0 Å². The van der Waals surface area contributed by atoms with Gasteiger partial charge in [-0.2, -0.15) is 0 Å². The molecule has 3 atom stereocenters. The van der Waals surface area contributed by atoms with Gasteiger partial charge in [0.05, 0.1) is 0 Å². The molecule has 0 bridgehead atoms. The van der Waals surface area contributed by atoms with Crippen LogP contribution in [0.2, 0.25) is 0 Å². The van der Waals surface area contributed by atoms with Gasteiger partial charge in [-0.05, 0) is 90.0 Å². The van der Waals surface area contributed by atoms with Crippen LogP contribution in [0, 0.1) is 11.3 Å². The first-order valence-corrected chi connectivity index (χ1v) is 13.5. The van der Waals surface area contributed by atoms with Crippen molar-refractivity contribution in [2.75, 3.05) is 26.2 Å². The highest BCUT2D eigenvalue weighted by atomic mass is 14.9. The van der Waals surface area contributed by atoms with Gasteiger partial charge in [0, 0.05) is 19.6 Å². The molecule has 0 amide bonds. The molecule has 2 nitrogen and oxygen atoms in total. The van der Waals surface area contributed by atoms with E-state index in [1.165, 1.54) is 56.1 Å². The van der Waals surface area contributed by atoms with Crippen LogP contribution in [0.5, 0.6) is 0 Å². The fourth-order valence-corrected chi connectivity index (χ4v) is 6.95.